The number of guanidine groups is 1. The fraction of sp³-hybridized carbons (Fsp3) is 0.611. The number of aliphatic imine (C=N–C) groups is 1. The molecule has 0 radical (unpaired) electrons. The zero-order chi connectivity index (χ0) is 16.8. The Bertz CT molecular complexity index is 579. The molecule has 3 rings (SSSR count). The quantitative estimate of drug-likeness (QED) is 0.672. The molecule has 2 aliphatic rings. The minimum atomic E-state index is 0.704. The lowest BCUT2D eigenvalue weighted by Crippen LogP contribution is -2.47. The van der Waals surface area contributed by atoms with Crippen molar-refractivity contribution in [1.29, 1.82) is 0 Å². The first kappa shape index (κ1) is 17.3. The van der Waals surface area contributed by atoms with Crippen LogP contribution in [0.15, 0.2) is 23.2 Å². The van der Waals surface area contributed by atoms with Gasteiger partial charge in [-0.2, -0.15) is 11.8 Å². The zero-order valence-corrected chi connectivity index (χ0v) is 15.4. The second kappa shape index (κ2) is 8.51. The third-order valence-electron chi connectivity index (χ3n) is 4.37. The van der Waals surface area contributed by atoms with E-state index in [4.69, 9.17) is 9.47 Å². The Kier molecular flexibility index (Phi) is 6.12. The summed E-state index contributed by atoms with van der Waals surface area (Å²) in [7, 11) is 1.86. The summed E-state index contributed by atoms with van der Waals surface area (Å²) in [6.07, 6.45) is 2.14. The summed E-state index contributed by atoms with van der Waals surface area (Å²) < 4.78 is 11.5. The molecule has 0 saturated carbocycles. The highest BCUT2D eigenvalue weighted by atomic mass is 32.2. The van der Waals surface area contributed by atoms with Gasteiger partial charge >= 0.3 is 0 Å². The molecule has 132 valence electrons. The maximum absolute atomic E-state index is 5.77. The van der Waals surface area contributed by atoms with E-state index in [2.05, 4.69) is 46.0 Å². The molecule has 0 aromatic heterocycles. The lowest BCUT2D eigenvalue weighted by Gasteiger charge is -2.34. The highest BCUT2D eigenvalue weighted by Gasteiger charge is 2.21. The summed E-state index contributed by atoms with van der Waals surface area (Å²) in [5, 5.41) is 4.20. The molecule has 5 nitrogen and oxygen atoms in total. The molecule has 6 heteroatoms. The van der Waals surface area contributed by atoms with Crippen LogP contribution in [0.5, 0.6) is 11.5 Å². The molecule has 1 saturated heterocycles. The van der Waals surface area contributed by atoms with E-state index in [0.29, 0.717) is 5.25 Å². The monoisotopic (exact) mass is 349 g/mol. The summed E-state index contributed by atoms with van der Waals surface area (Å²) in [4.78, 5) is 6.83. The maximum Gasteiger partial charge on any atom is 0.193 e. The van der Waals surface area contributed by atoms with Gasteiger partial charge in [-0.25, -0.2) is 0 Å². The van der Waals surface area contributed by atoms with Gasteiger partial charge in [-0.3, -0.25) is 4.99 Å². The molecule has 1 fully saturated rings. The van der Waals surface area contributed by atoms with Crippen LogP contribution in [-0.2, 0) is 6.54 Å². The van der Waals surface area contributed by atoms with Gasteiger partial charge in [-0.15, -0.1) is 0 Å². The molecule has 1 aromatic rings. The standard InChI is InChI=1S/C18H27N3O2S/c1-3-15-13-21(7-10-24-15)18(19-2)20-12-14-5-6-16-17(11-14)23-9-4-8-22-16/h5-6,11,15H,3-4,7-10,12-13H2,1-2H3,(H,19,20). The number of ether oxygens (including phenoxy) is 2. The average molecular weight is 350 g/mol. The molecular formula is C18H27N3O2S. The number of fused-ring (bicyclic) bond motifs is 1. The van der Waals surface area contributed by atoms with Crippen LogP contribution in [0.2, 0.25) is 0 Å². The van der Waals surface area contributed by atoms with E-state index in [1.165, 1.54) is 17.7 Å². The van der Waals surface area contributed by atoms with Crippen molar-refractivity contribution in [2.45, 2.75) is 31.6 Å². The van der Waals surface area contributed by atoms with E-state index in [1.807, 2.05) is 13.1 Å². The SMILES string of the molecule is CCC1CN(C(=NC)NCc2ccc3c(c2)OCCCO3)CCS1. The van der Waals surface area contributed by atoms with Gasteiger partial charge in [0.25, 0.3) is 0 Å². The van der Waals surface area contributed by atoms with Crippen LogP contribution >= 0.6 is 11.8 Å². The third kappa shape index (κ3) is 4.29. The van der Waals surface area contributed by atoms with Crippen molar-refractivity contribution in [3.05, 3.63) is 23.8 Å². The van der Waals surface area contributed by atoms with Crippen molar-refractivity contribution in [2.75, 3.05) is 39.1 Å². The first-order valence-corrected chi connectivity index (χ1v) is 9.80. The predicted octanol–water partition coefficient (Wildman–Crippen LogP) is 2.75. The first-order valence-electron chi connectivity index (χ1n) is 8.76. The summed E-state index contributed by atoms with van der Waals surface area (Å²) in [6, 6.07) is 6.17. The minimum absolute atomic E-state index is 0.704. The molecule has 0 aliphatic carbocycles. The maximum atomic E-state index is 5.77. The Morgan fingerprint density at radius 1 is 1.33 bits per heavy atom. The van der Waals surface area contributed by atoms with E-state index in [-0.39, 0.29) is 0 Å². The van der Waals surface area contributed by atoms with Gasteiger partial charge < -0.3 is 19.7 Å². The Labute approximate surface area is 148 Å². The Morgan fingerprint density at radius 2 is 2.17 bits per heavy atom. The normalized spacial score (nSPS) is 21.3. The molecule has 2 aliphatic heterocycles. The van der Waals surface area contributed by atoms with Crippen molar-refractivity contribution in [3.8, 4) is 11.5 Å². The predicted molar refractivity (Wildman–Crippen MR) is 100 cm³/mol. The van der Waals surface area contributed by atoms with Crippen LogP contribution in [0.1, 0.15) is 25.3 Å². The Morgan fingerprint density at radius 3 is 2.96 bits per heavy atom. The Balaban J connectivity index is 1.60. The summed E-state index contributed by atoms with van der Waals surface area (Å²) in [5.41, 5.74) is 1.18. The van der Waals surface area contributed by atoms with Crippen LogP contribution in [0.3, 0.4) is 0 Å². The van der Waals surface area contributed by atoms with Gasteiger partial charge in [-0.05, 0) is 24.1 Å². The van der Waals surface area contributed by atoms with Gasteiger partial charge in [0.05, 0.1) is 13.2 Å². The number of nitrogens with zero attached hydrogens (tertiary/aromatic N) is 2. The number of nitrogens with one attached hydrogen (secondary N) is 1. The smallest absolute Gasteiger partial charge is 0.193 e. The highest BCUT2D eigenvalue weighted by molar-refractivity contribution is 8.00. The van der Waals surface area contributed by atoms with E-state index in [9.17, 15) is 0 Å². The summed E-state index contributed by atoms with van der Waals surface area (Å²) >= 11 is 2.07. The highest BCUT2D eigenvalue weighted by Crippen LogP contribution is 2.30. The molecule has 1 N–H and O–H groups in total. The molecule has 0 spiro atoms. The van der Waals surface area contributed by atoms with Crippen LogP contribution in [-0.4, -0.2) is 55.2 Å². The molecule has 1 atom stereocenters. The number of thioether (sulfide) groups is 1. The fourth-order valence-electron chi connectivity index (χ4n) is 2.99. The van der Waals surface area contributed by atoms with Crippen LogP contribution in [0.4, 0.5) is 0 Å². The van der Waals surface area contributed by atoms with Gasteiger partial charge in [0.2, 0.25) is 0 Å². The van der Waals surface area contributed by atoms with Crippen molar-refractivity contribution >= 4 is 17.7 Å². The van der Waals surface area contributed by atoms with E-state index < -0.39 is 0 Å². The van der Waals surface area contributed by atoms with Crippen molar-refractivity contribution in [1.82, 2.24) is 10.2 Å². The van der Waals surface area contributed by atoms with Gasteiger partial charge in [0.15, 0.2) is 17.5 Å². The Hall–Kier alpha value is -1.56. The topological polar surface area (TPSA) is 46.1 Å². The lowest BCUT2D eigenvalue weighted by molar-refractivity contribution is 0.297. The zero-order valence-electron chi connectivity index (χ0n) is 14.6. The molecule has 0 bridgehead atoms. The first-order chi connectivity index (χ1) is 11.8. The lowest BCUT2D eigenvalue weighted by atomic mass is 10.2. The van der Waals surface area contributed by atoms with E-state index in [1.54, 1.807) is 0 Å². The molecule has 24 heavy (non-hydrogen) atoms. The average Bonchev–Trinajstić information content (AvgIpc) is 2.87. The van der Waals surface area contributed by atoms with Crippen molar-refractivity contribution < 1.29 is 9.47 Å². The van der Waals surface area contributed by atoms with Gasteiger partial charge in [0.1, 0.15) is 0 Å². The molecule has 0 amide bonds. The second-order valence-corrected chi connectivity index (χ2v) is 7.49. The van der Waals surface area contributed by atoms with Gasteiger partial charge in [-0.1, -0.05) is 13.0 Å². The van der Waals surface area contributed by atoms with Gasteiger partial charge in [0, 0.05) is 44.1 Å². The molecule has 1 unspecified atom stereocenters. The summed E-state index contributed by atoms with van der Waals surface area (Å²) in [5.74, 6) is 3.85. The van der Waals surface area contributed by atoms with Crippen LogP contribution in [0.25, 0.3) is 0 Å². The molecule has 2 heterocycles. The number of benzene rings is 1. The van der Waals surface area contributed by atoms with E-state index in [0.717, 1.165) is 56.7 Å². The van der Waals surface area contributed by atoms with Crippen molar-refractivity contribution in [2.24, 2.45) is 4.99 Å². The number of rotatable bonds is 3. The molecular weight excluding hydrogens is 322 g/mol. The fourth-order valence-corrected chi connectivity index (χ4v) is 4.17. The second-order valence-electron chi connectivity index (χ2n) is 6.08. The van der Waals surface area contributed by atoms with Crippen LogP contribution < -0.4 is 14.8 Å². The largest absolute Gasteiger partial charge is 0.490 e. The van der Waals surface area contributed by atoms with E-state index >= 15 is 0 Å². The molecule has 1 aromatic carbocycles. The number of hydrogen-bond acceptors (Lipinski definition) is 4. The van der Waals surface area contributed by atoms with Crippen LogP contribution in [0, 0.1) is 0 Å². The number of hydrogen-bond donors (Lipinski definition) is 1. The third-order valence-corrected chi connectivity index (χ3v) is 5.74. The summed E-state index contributed by atoms with van der Waals surface area (Å²) in [6.45, 7) is 6.57. The minimum Gasteiger partial charge on any atom is -0.490 e. The van der Waals surface area contributed by atoms with Crippen molar-refractivity contribution in [3.63, 3.8) is 0 Å².